The number of nitrogens with one attached hydrogen (secondary N) is 1. The van der Waals surface area contributed by atoms with E-state index in [2.05, 4.69) is 33.1 Å². The van der Waals surface area contributed by atoms with Crippen LogP contribution in [0.5, 0.6) is 11.5 Å². The molecule has 1 heterocycles. The highest BCUT2D eigenvalue weighted by atomic mass is 79.9. The van der Waals surface area contributed by atoms with E-state index in [9.17, 15) is 4.79 Å². The van der Waals surface area contributed by atoms with Crippen LogP contribution in [0.3, 0.4) is 0 Å². The first-order valence-corrected chi connectivity index (χ1v) is 14.8. The first-order chi connectivity index (χ1) is 18.5. The quantitative estimate of drug-likeness (QED) is 0.269. The Balaban J connectivity index is 1.42. The molecule has 7 heteroatoms. The number of para-hydroxylation sites is 1. The average molecular weight is 594 g/mol. The number of carbonyl (C=O) groups excluding carboxylic acids is 1. The fraction of sp³-hybridized carbons (Fsp3) is 0.323. The first-order valence-electron chi connectivity index (χ1n) is 13.1. The van der Waals surface area contributed by atoms with Gasteiger partial charge in [-0.2, -0.15) is 0 Å². The van der Waals surface area contributed by atoms with Gasteiger partial charge in [0, 0.05) is 16.2 Å². The summed E-state index contributed by atoms with van der Waals surface area (Å²) in [6.07, 6.45) is 6.56. The Morgan fingerprint density at radius 3 is 2.45 bits per heavy atom. The van der Waals surface area contributed by atoms with E-state index in [0.29, 0.717) is 24.0 Å². The number of ether oxygens (including phenoxy) is 2. The monoisotopic (exact) mass is 592 g/mol. The van der Waals surface area contributed by atoms with Crippen LogP contribution in [0.4, 0.5) is 5.69 Å². The van der Waals surface area contributed by atoms with Crippen LogP contribution in [0.1, 0.15) is 43.7 Å². The van der Waals surface area contributed by atoms with Gasteiger partial charge in [0.05, 0.1) is 12.0 Å². The first kappa shape index (κ1) is 26.7. The summed E-state index contributed by atoms with van der Waals surface area (Å²) in [6, 6.07) is 24.2. The van der Waals surface area contributed by atoms with Crippen LogP contribution in [0.25, 0.3) is 6.08 Å². The SMILES string of the molecule is COc1cc(/C=C2\SC(Nc3ccccc3)N([C@H]3CCCC[C@H]3C)C2=O)c(Br)cc1OCc1ccccc1. The van der Waals surface area contributed by atoms with Crippen molar-refractivity contribution in [2.75, 3.05) is 12.4 Å². The molecule has 5 rings (SSSR count). The number of rotatable bonds is 8. The molecule has 5 nitrogen and oxygen atoms in total. The fourth-order valence-electron chi connectivity index (χ4n) is 5.18. The minimum atomic E-state index is -0.157. The van der Waals surface area contributed by atoms with E-state index < -0.39 is 0 Å². The second kappa shape index (κ2) is 12.3. The van der Waals surface area contributed by atoms with Crippen LogP contribution in [0.2, 0.25) is 0 Å². The van der Waals surface area contributed by atoms with Gasteiger partial charge in [0.25, 0.3) is 5.91 Å². The molecule has 1 saturated carbocycles. The molecule has 0 aromatic heterocycles. The summed E-state index contributed by atoms with van der Waals surface area (Å²) in [5.41, 5.74) is 2.81. The number of hydrogen-bond donors (Lipinski definition) is 1. The van der Waals surface area contributed by atoms with Crippen molar-refractivity contribution in [2.24, 2.45) is 5.92 Å². The lowest BCUT2D eigenvalue weighted by molar-refractivity contribution is -0.129. The maximum atomic E-state index is 13.9. The maximum Gasteiger partial charge on any atom is 0.262 e. The molecule has 198 valence electrons. The lowest BCUT2D eigenvalue weighted by Gasteiger charge is -2.39. The zero-order valence-electron chi connectivity index (χ0n) is 21.7. The standard InChI is InChI=1S/C31H33BrN2O3S/c1-21-11-9-10-16-26(21)34-30(35)29(38-31(34)33-24-14-7-4-8-15-24)18-23-17-27(36-2)28(19-25(23)32)37-20-22-12-5-3-6-13-22/h3-8,12-15,17-19,21,26,31,33H,9-11,16,20H2,1-2H3/b29-18-/t21-,26+,31?/m1/s1. The highest BCUT2D eigenvalue weighted by molar-refractivity contribution is 9.10. The zero-order valence-corrected chi connectivity index (χ0v) is 24.1. The highest BCUT2D eigenvalue weighted by Gasteiger charge is 2.43. The van der Waals surface area contributed by atoms with Crippen molar-refractivity contribution < 1.29 is 14.3 Å². The second-order valence-electron chi connectivity index (χ2n) is 9.83. The molecule has 0 spiro atoms. The van der Waals surface area contributed by atoms with Gasteiger partial charge < -0.3 is 19.7 Å². The van der Waals surface area contributed by atoms with Crippen molar-refractivity contribution in [1.82, 2.24) is 4.90 Å². The Kier molecular flexibility index (Phi) is 8.65. The number of benzene rings is 3. The lowest BCUT2D eigenvalue weighted by Crippen LogP contribution is -2.48. The normalized spacial score (nSPS) is 22.5. The zero-order chi connectivity index (χ0) is 26.5. The molecule has 2 aliphatic rings. The van der Waals surface area contributed by atoms with Gasteiger partial charge in [0.2, 0.25) is 0 Å². The third-order valence-corrected chi connectivity index (χ3v) is 9.03. The van der Waals surface area contributed by atoms with E-state index >= 15 is 0 Å². The third kappa shape index (κ3) is 6.05. The van der Waals surface area contributed by atoms with Crippen molar-refractivity contribution in [3.63, 3.8) is 0 Å². The summed E-state index contributed by atoms with van der Waals surface area (Å²) in [7, 11) is 1.64. The van der Waals surface area contributed by atoms with Crippen molar-refractivity contribution >= 4 is 45.4 Å². The largest absolute Gasteiger partial charge is 0.493 e. The van der Waals surface area contributed by atoms with E-state index in [4.69, 9.17) is 9.47 Å². The number of nitrogens with zero attached hydrogens (tertiary/aromatic N) is 1. The summed E-state index contributed by atoms with van der Waals surface area (Å²) in [5, 5.41) is 3.60. The molecule has 1 aliphatic heterocycles. The van der Waals surface area contributed by atoms with Gasteiger partial charge in [0.15, 0.2) is 17.0 Å². The topological polar surface area (TPSA) is 50.8 Å². The smallest absolute Gasteiger partial charge is 0.262 e. The van der Waals surface area contributed by atoms with Gasteiger partial charge in [-0.25, -0.2) is 0 Å². The van der Waals surface area contributed by atoms with Crippen molar-refractivity contribution in [3.8, 4) is 11.5 Å². The second-order valence-corrected chi connectivity index (χ2v) is 11.8. The van der Waals surface area contributed by atoms with Gasteiger partial charge in [-0.1, -0.05) is 96.0 Å². The van der Waals surface area contributed by atoms with Gasteiger partial charge in [0.1, 0.15) is 6.61 Å². The van der Waals surface area contributed by atoms with Gasteiger partial charge in [-0.3, -0.25) is 4.79 Å². The van der Waals surface area contributed by atoms with Crippen molar-refractivity contribution in [1.29, 1.82) is 0 Å². The Morgan fingerprint density at radius 1 is 1.03 bits per heavy atom. The Hall–Kier alpha value is -2.90. The number of carbonyl (C=O) groups is 1. The van der Waals surface area contributed by atoms with E-state index in [-0.39, 0.29) is 17.4 Å². The van der Waals surface area contributed by atoms with Crippen LogP contribution in [-0.2, 0) is 11.4 Å². The van der Waals surface area contributed by atoms with Crippen LogP contribution >= 0.6 is 27.7 Å². The Labute approximate surface area is 237 Å². The summed E-state index contributed by atoms with van der Waals surface area (Å²) < 4.78 is 12.6. The number of halogens is 1. The van der Waals surface area contributed by atoms with E-state index in [1.54, 1.807) is 18.9 Å². The van der Waals surface area contributed by atoms with Crippen LogP contribution < -0.4 is 14.8 Å². The van der Waals surface area contributed by atoms with Crippen LogP contribution in [0, 0.1) is 5.92 Å². The molecule has 1 unspecified atom stereocenters. The number of hydrogen-bond acceptors (Lipinski definition) is 5. The molecule has 0 radical (unpaired) electrons. The maximum absolute atomic E-state index is 13.9. The molecule has 2 fully saturated rings. The minimum Gasteiger partial charge on any atom is -0.493 e. The summed E-state index contributed by atoms with van der Waals surface area (Å²) in [4.78, 5) is 16.7. The molecule has 3 aromatic rings. The lowest BCUT2D eigenvalue weighted by atomic mass is 9.85. The number of methoxy groups -OCH3 is 1. The molecule has 3 atom stereocenters. The highest BCUT2D eigenvalue weighted by Crippen LogP contribution is 2.43. The van der Waals surface area contributed by atoms with Crippen LogP contribution in [-0.4, -0.2) is 29.5 Å². The predicted molar refractivity (Wildman–Crippen MR) is 159 cm³/mol. The fourth-order valence-corrected chi connectivity index (χ4v) is 6.82. The molecule has 1 saturated heterocycles. The molecule has 3 aromatic carbocycles. The molecule has 38 heavy (non-hydrogen) atoms. The molecule has 0 bridgehead atoms. The molecule has 1 amide bonds. The van der Waals surface area contributed by atoms with Gasteiger partial charge in [-0.15, -0.1) is 0 Å². The average Bonchev–Trinajstić information content (AvgIpc) is 3.24. The van der Waals surface area contributed by atoms with E-state index in [1.807, 2.05) is 78.9 Å². The van der Waals surface area contributed by atoms with E-state index in [1.165, 1.54) is 6.42 Å². The van der Waals surface area contributed by atoms with Gasteiger partial charge in [-0.05, 0) is 60.2 Å². The van der Waals surface area contributed by atoms with Crippen LogP contribution in [0.15, 0.2) is 82.2 Å². The Morgan fingerprint density at radius 2 is 1.74 bits per heavy atom. The summed E-state index contributed by atoms with van der Waals surface area (Å²) in [5.74, 6) is 1.83. The molecular formula is C31H33BrN2O3S. The summed E-state index contributed by atoms with van der Waals surface area (Å²) in [6.45, 7) is 2.72. The molecular weight excluding hydrogens is 560 g/mol. The van der Waals surface area contributed by atoms with Gasteiger partial charge >= 0.3 is 0 Å². The Bertz CT molecular complexity index is 1290. The molecule has 1 N–H and O–H groups in total. The predicted octanol–water partition coefficient (Wildman–Crippen LogP) is 7.93. The number of thioether (sulfide) groups is 1. The summed E-state index contributed by atoms with van der Waals surface area (Å²) >= 11 is 5.28. The molecule has 1 aliphatic carbocycles. The van der Waals surface area contributed by atoms with Crippen molar-refractivity contribution in [2.45, 2.75) is 50.8 Å². The number of anilines is 1. The van der Waals surface area contributed by atoms with Crippen molar-refractivity contribution in [3.05, 3.63) is 93.3 Å². The minimum absolute atomic E-state index is 0.0810. The number of amides is 1. The van der Waals surface area contributed by atoms with E-state index in [0.717, 1.165) is 45.5 Å². The third-order valence-electron chi connectivity index (χ3n) is 7.23.